The number of para-hydroxylation sites is 1. The van der Waals surface area contributed by atoms with Crippen LogP contribution >= 0.6 is 0 Å². The minimum Gasteiger partial charge on any atom is -0.489 e. The Hall–Kier alpha value is -3.86. The summed E-state index contributed by atoms with van der Waals surface area (Å²) in [5.41, 5.74) is 3.68. The van der Waals surface area contributed by atoms with Crippen molar-refractivity contribution in [1.82, 2.24) is 15.1 Å². The lowest BCUT2D eigenvalue weighted by Gasteiger charge is -2.12. The normalized spacial score (nSPS) is 10.5. The molecule has 0 radical (unpaired) electrons. The summed E-state index contributed by atoms with van der Waals surface area (Å²) >= 11 is 0. The Kier molecular flexibility index (Phi) is 6.20. The van der Waals surface area contributed by atoms with E-state index in [-0.39, 0.29) is 5.91 Å². The fourth-order valence-electron chi connectivity index (χ4n) is 3.20. The van der Waals surface area contributed by atoms with Crippen molar-refractivity contribution < 1.29 is 9.53 Å². The van der Waals surface area contributed by atoms with Gasteiger partial charge in [-0.2, -0.15) is 5.10 Å². The number of carbonyl (C=O) groups is 1. The SMILES string of the molecule is O=C(NCCc1ccc(-n2cccn2)cc1)c1ccccc1COc1ccccc1. The molecule has 30 heavy (non-hydrogen) atoms. The zero-order chi connectivity index (χ0) is 20.6. The topological polar surface area (TPSA) is 56.2 Å². The van der Waals surface area contributed by atoms with E-state index in [2.05, 4.69) is 22.5 Å². The van der Waals surface area contributed by atoms with Gasteiger partial charge in [0.15, 0.2) is 0 Å². The number of hydrogen-bond donors (Lipinski definition) is 1. The Morgan fingerprint density at radius 3 is 2.43 bits per heavy atom. The highest BCUT2D eigenvalue weighted by Gasteiger charge is 2.11. The summed E-state index contributed by atoms with van der Waals surface area (Å²) in [5.74, 6) is 0.696. The molecule has 0 saturated heterocycles. The first-order chi connectivity index (χ1) is 14.8. The zero-order valence-electron chi connectivity index (χ0n) is 16.6. The van der Waals surface area contributed by atoms with Crippen LogP contribution in [0.1, 0.15) is 21.5 Å². The molecule has 1 N–H and O–H groups in total. The highest BCUT2D eigenvalue weighted by Crippen LogP contribution is 2.15. The molecule has 3 aromatic carbocycles. The quantitative estimate of drug-likeness (QED) is 0.479. The largest absolute Gasteiger partial charge is 0.489 e. The first-order valence-electron chi connectivity index (χ1n) is 9.92. The summed E-state index contributed by atoms with van der Waals surface area (Å²) in [6, 6.07) is 27.2. The first-order valence-corrected chi connectivity index (χ1v) is 9.92. The van der Waals surface area contributed by atoms with Crippen molar-refractivity contribution in [2.24, 2.45) is 0 Å². The molecule has 0 saturated carbocycles. The van der Waals surface area contributed by atoms with Crippen molar-refractivity contribution in [3.8, 4) is 11.4 Å². The van der Waals surface area contributed by atoms with E-state index < -0.39 is 0 Å². The van der Waals surface area contributed by atoms with Gasteiger partial charge in [0.2, 0.25) is 0 Å². The summed E-state index contributed by atoms with van der Waals surface area (Å²) in [5, 5.41) is 7.24. The standard InChI is InChI=1S/C25H23N3O2/c29-25(24-10-5-4-7-21(24)19-30-23-8-2-1-3-9-23)26-17-15-20-11-13-22(14-12-20)28-18-6-16-27-28/h1-14,16,18H,15,17,19H2,(H,26,29). The Morgan fingerprint density at radius 1 is 0.900 bits per heavy atom. The van der Waals surface area contributed by atoms with Crippen LogP contribution in [-0.4, -0.2) is 22.2 Å². The second-order valence-corrected chi connectivity index (χ2v) is 6.88. The number of carbonyl (C=O) groups excluding carboxylic acids is 1. The minimum absolute atomic E-state index is 0.0876. The second kappa shape index (κ2) is 9.56. The molecule has 4 aromatic rings. The van der Waals surface area contributed by atoms with Crippen molar-refractivity contribution in [3.63, 3.8) is 0 Å². The minimum atomic E-state index is -0.0876. The number of amides is 1. The highest BCUT2D eigenvalue weighted by atomic mass is 16.5. The van der Waals surface area contributed by atoms with Crippen LogP contribution in [0, 0.1) is 0 Å². The summed E-state index contributed by atoms with van der Waals surface area (Å²) in [7, 11) is 0. The Morgan fingerprint density at radius 2 is 1.67 bits per heavy atom. The van der Waals surface area contributed by atoms with Crippen molar-refractivity contribution in [1.29, 1.82) is 0 Å². The van der Waals surface area contributed by atoms with E-state index in [0.29, 0.717) is 18.7 Å². The number of hydrogen-bond acceptors (Lipinski definition) is 3. The van der Waals surface area contributed by atoms with Crippen LogP contribution in [0.3, 0.4) is 0 Å². The molecule has 1 heterocycles. The van der Waals surface area contributed by atoms with Crippen molar-refractivity contribution in [2.45, 2.75) is 13.0 Å². The Bertz CT molecular complexity index is 1080. The molecule has 0 aliphatic rings. The van der Waals surface area contributed by atoms with Gasteiger partial charge in [0, 0.05) is 30.1 Å². The number of rotatable bonds is 8. The van der Waals surface area contributed by atoms with Gasteiger partial charge < -0.3 is 10.1 Å². The fourth-order valence-corrected chi connectivity index (χ4v) is 3.20. The smallest absolute Gasteiger partial charge is 0.251 e. The van der Waals surface area contributed by atoms with Crippen LogP contribution in [0.25, 0.3) is 5.69 Å². The third kappa shape index (κ3) is 4.94. The molecule has 0 fully saturated rings. The molecule has 0 atom stereocenters. The molecule has 0 unspecified atom stereocenters. The summed E-state index contributed by atoms with van der Waals surface area (Å²) in [4.78, 5) is 12.7. The number of aromatic nitrogens is 2. The lowest BCUT2D eigenvalue weighted by Crippen LogP contribution is -2.27. The molecule has 0 aliphatic heterocycles. The van der Waals surface area contributed by atoms with E-state index in [1.54, 1.807) is 6.20 Å². The lowest BCUT2D eigenvalue weighted by molar-refractivity contribution is 0.0951. The van der Waals surface area contributed by atoms with Gasteiger partial charge >= 0.3 is 0 Å². The van der Waals surface area contributed by atoms with Gasteiger partial charge in [-0.25, -0.2) is 4.68 Å². The average Bonchev–Trinajstić information content (AvgIpc) is 3.34. The highest BCUT2D eigenvalue weighted by molar-refractivity contribution is 5.95. The molecule has 5 heteroatoms. The van der Waals surface area contributed by atoms with E-state index in [4.69, 9.17) is 4.74 Å². The number of ether oxygens (including phenoxy) is 1. The molecule has 5 nitrogen and oxygen atoms in total. The van der Waals surface area contributed by atoms with Crippen LogP contribution in [0.2, 0.25) is 0 Å². The molecular formula is C25H23N3O2. The molecule has 1 amide bonds. The maximum absolute atomic E-state index is 12.7. The molecule has 0 spiro atoms. The van der Waals surface area contributed by atoms with Crippen molar-refractivity contribution in [2.75, 3.05) is 6.54 Å². The lowest BCUT2D eigenvalue weighted by atomic mass is 10.1. The van der Waals surface area contributed by atoms with Crippen LogP contribution in [-0.2, 0) is 13.0 Å². The summed E-state index contributed by atoms with van der Waals surface area (Å²) in [6.07, 6.45) is 4.42. The number of nitrogens with zero attached hydrogens (tertiary/aromatic N) is 2. The van der Waals surface area contributed by atoms with E-state index in [9.17, 15) is 4.79 Å². The maximum Gasteiger partial charge on any atom is 0.251 e. The van der Waals surface area contributed by atoms with E-state index >= 15 is 0 Å². The third-order valence-corrected chi connectivity index (χ3v) is 4.80. The predicted octanol–water partition coefficient (Wildman–Crippen LogP) is 4.42. The molecule has 0 bridgehead atoms. The van der Waals surface area contributed by atoms with Crippen LogP contribution in [0.4, 0.5) is 0 Å². The molecule has 4 rings (SSSR count). The van der Waals surface area contributed by atoms with Crippen molar-refractivity contribution >= 4 is 5.91 Å². The van der Waals surface area contributed by atoms with E-state index in [1.165, 1.54) is 0 Å². The molecule has 0 aliphatic carbocycles. The van der Waals surface area contributed by atoms with Crippen LogP contribution in [0.15, 0.2) is 97.3 Å². The number of nitrogens with one attached hydrogen (secondary N) is 1. The van der Waals surface area contributed by atoms with Gasteiger partial charge in [0.05, 0.1) is 5.69 Å². The predicted molar refractivity (Wildman–Crippen MR) is 117 cm³/mol. The van der Waals surface area contributed by atoms with Crippen molar-refractivity contribution in [3.05, 3.63) is 114 Å². The van der Waals surface area contributed by atoms with E-state index in [1.807, 2.05) is 83.7 Å². The third-order valence-electron chi connectivity index (χ3n) is 4.80. The Labute approximate surface area is 175 Å². The summed E-state index contributed by atoms with van der Waals surface area (Å²) < 4.78 is 7.63. The summed E-state index contributed by atoms with van der Waals surface area (Å²) in [6.45, 7) is 0.913. The van der Waals surface area contributed by atoms with Crippen LogP contribution < -0.4 is 10.1 Å². The van der Waals surface area contributed by atoms with Gasteiger partial charge in [-0.1, -0.05) is 48.5 Å². The van der Waals surface area contributed by atoms with Crippen LogP contribution in [0.5, 0.6) is 5.75 Å². The first kappa shape index (κ1) is 19.5. The van der Waals surface area contributed by atoms with Gasteiger partial charge in [-0.05, 0) is 48.4 Å². The average molecular weight is 397 g/mol. The van der Waals surface area contributed by atoms with E-state index in [0.717, 1.165) is 29.0 Å². The fraction of sp³-hybridized carbons (Fsp3) is 0.120. The monoisotopic (exact) mass is 397 g/mol. The second-order valence-electron chi connectivity index (χ2n) is 6.88. The zero-order valence-corrected chi connectivity index (χ0v) is 16.6. The van der Waals surface area contributed by atoms with Gasteiger partial charge in [0.25, 0.3) is 5.91 Å². The number of benzene rings is 3. The molecule has 1 aromatic heterocycles. The van der Waals surface area contributed by atoms with Gasteiger partial charge in [-0.3, -0.25) is 4.79 Å². The van der Waals surface area contributed by atoms with Gasteiger partial charge in [0.1, 0.15) is 12.4 Å². The Balaban J connectivity index is 1.32. The maximum atomic E-state index is 12.7. The van der Waals surface area contributed by atoms with Gasteiger partial charge in [-0.15, -0.1) is 0 Å². The molecular weight excluding hydrogens is 374 g/mol. The molecule has 150 valence electrons.